The van der Waals surface area contributed by atoms with Crippen molar-refractivity contribution in [2.24, 2.45) is 0 Å². The third kappa shape index (κ3) is 1.66. The van der Waals surface area contributed by atoms with Crippen molar-refractivity contribution in [2.45, 2.75) is 13.0 Å². The lowest BCUT2D eigenvalue weighted by atomic mass is 10.2. The topological polar surface area (TPSA) is 41.9 Å². The molecule has 0 bridgehead atoms. The van der Waals surface area contributed by atoms with Gasteiger partial charge >= 0.3 is 0 Å². The highest BCUT2D eigenvalue weighted by Gasteiger charge is 2.15. The molecule has 0 amide bonds. The molecule has 0 saturated heterocycles. The van der Waals surface area contributed by atoms with E-state index in [1.807, 2.05) is 18.2 Å². The summed E-state index contributed by atoms with van der Waals surface area (Å²) in [4.78, 5) is 2.09. The molecule has 84 valence electrons. The number of nitrogens with zero attached hydrogens (tertiary/aromatic N) is 1. The minimum Gasteiger partial charge on any atom is -0.511 e. The van der Waals surface area contributed by atoms with Crippen LogP contribution in [0.3, 0.4) is 0 Å². The molecule has 0 saturated carbocycles. The highest BCUT2D eigenvalue weighted by Crippen LogP contribution is 2.33. The van der Waals surface area contributed by atoms with Gasteiger partial charge in [0.2, 0.25) is 6.79 Å². The number of rotatable bonds is 2. The quantitative estimate of drug-likeness (QED) is 0.826. The first-order chi connectivity index (χ1) is 7.81. The van der Waals surface area contributed by atoms with Crippen LogP contribution in [0.15, 0.2) is 30.2 Å². The molecular weight excluding hydrogens is 206 g/mol. The fourth-order valence-electron chi connectivity index (χ4n) is 2.00. The lowest BCUT2D eigenvalue weighted by Gasteiger charge is -2.14. The van der Waals surface area contributed by atoms with Gasteiger partial charge in [0.25, 0.3) is 0 Å². The van der Waals surface area contributed by atoms with Crippen LogP contribution in [0, 0.1) is 0 Å². The van der Waals surface area contributed by atoms with E-state index in [9.17, 15) is 5.11 Å². The number of aliphatic hydroxyl groups excluding tert-OH is 1. The SMILES string of the molecule is OC1=CN(Cc2ccc3c(c2)OCO3)CC1. The Balaban J connectivity index is 1.75. The van der Waals surface area contributed by atoms with Crippen LogP contribution in [-0.4, -0.2) is 23.3 Å². The lowest BCUT2D eigenvalue weighted by molar-refractivity contribution is 0.174. The second kappa shape index (κ2) is 3.63. The summed E-state index contributed by atoms with van der Waals surface area (Å²) >= 11 is 0. The maximum atomic E-state index is 9.31. The van der Waals surface area contributed by atoms with E-state index < -0.39 is 0 Å². The number of aliphatic hydroxyl groups is 1. The summed E-state index contributed by atoms with van der Waals surface area (Å²) < 4.78 is 10.6. The van der Waals surface area contributed by atoms with Crippen LogP contribution in [0.4, 0.5) is 0 Å². The van der Waals surface area contributed by atoms with Crippen LogP contribution in [0.2, 0.25) is 0 Å². The molecule has 16 heavy (non-hydrogen) atoms. The molecule has 1 N–H and O–H groups in total. The summed E-state index contributed by atoms with van der Waals surface area (Å²) in [7, 11) is 0. The van der Waals surface area contributed by atoms with Crippen LogP contribution < -0.4 is 9.47 Å². The van der Waals surface area contributed by atoms with Crippen molar-refractivity contribution in [2.75, 3.05) is 13.3 Å². The first kappa shape index (κ1) is 9.39. The summed E-state index contributed by atoms with van der Waals surface area (Å²) in [6, 6.07) is 5.94. The maximum Gasteiger partial charge on any atom is 0.231 e. The minimum absolute atomic E-state index is 0.309. The fourth-order valence-corrected chi connectivity index (χ4v) is 2.00. The van der Waals surface area contributed by atoms with Crippen LogP contribution in [0.25, 0.3) is 0 Å². The zero-order valence-corrected chi connectivity index (χ0v) is 8.85. The molecule has 0 radical (unpaired) electrons. The molecule has 2 aliphatic rings. The summed E-state index contributed by atoms with van der Waals surface area (Å²) in [5, 5.41) is 9.31. The Bertz CT molecular complexity index is 442. The fraction of sp³-hybridized carbons (Fsp3) is 0.333. The molecule has 4 heteroatoms. The Morgan fingerprint density at radius 1 is 1.25 bits per heavy atom. The summed E-state index contributed by atoms with van der Waals surface area (Å²) in [5.41, 5.74) is 1.16. The van der Waals surface area contributed by atoms with Gasteiger partial charge in [-0.05, 0) is 17.7 Å². The van der Waals surface area contributed by atoms with Gasteiger partial charge in [-0.25, -0.2) is 0 Å². The molecule has 2 heterocycles. The zero-order valence-electron chi connectivity index (χ0n) is 8.85. The average molecular weight is 219 g/mol. The summed E-state index contributed by atoms with van der Waals surface area (Å²) in [5.74, 6) is 2.08. The van der Waals surface area contributed by atoms with Crippen LogP contribution >= 0.6 is 0 Å². The van der Waals surface area contributed by atoms with Gasteiger partial charge in [0.15, 0.2) is 11.5 Å². The standard InChI is InChI=1S/C12H13NO3/c14-10-3-4-13(7-10)6-9-1-2-11-12(5-9)16-8-15-11/h1-2,5,7,14H,3-4,6,8H2. The Hall–Kier alpha value is -1.84. The van der Waals surface area contributed by atoms with Crippen LogP contribution in [0.5, 0.6) is 11.5 Å². The molecule has 0 aromatic heterocycles. The summed E-state index contributed by atoms with van der Waals surface area (Å²) in [6.45, 7) is 1.98. The molecule has 1 aromatic rings. The number of hydrogen-bond acceptors (Lipinski definition) is 4. The number of ether oxygens (including phenoxy) is 2. The van der Waals surface area contributed by atoms with Crippen LogP contribution in [0.1, 0.15) is 12.0 Å². The van der Waals surface area contributed by atoms with E-state index in [-0.39, 0.29) is 0 Å². The molecule has 3 rings (SSSR count). The van der Waals surface area contributed by atoms with Crippen molar-refractivity contribution in [1.29, 1.82) is 0 Å². The first-order valence-corrected chi connectivity index (χ1v) is 5.33. The first-order valence-electron chi connectivity index (χ1n) is 5.33. The molecule has 0 atom stereocenters. The molecule has 0 fully saturated rings. The van der Waals surface area contributed by atoms with E-state index >= 15 is 0 Å². The Morgan fingerprint density at radius 3 is 2.94 bits per heavy atom. The zero-order chi connectivity index (χ0) is 11.0. The highest BCUT2D eigenvalue weighted by molar-refractivity contribution is 5.44. The van der Waals surface area contributed by atoms with Gasteiger partial charge in [0, 0.05) is 25.7 Å². The minimum atomic E-state index is 0.309. The maximum absolute atomic E-state index is 9.31. The molecule has 0 spiro atoms. The van der Waals surface area contributed by atoms with Gasteiger partial charge in [-0.3, -0.25) is 0 Å². The van der Waals surface area contributed by atoms with E-state index in [1.165, 1.54) is 0 Å². The van der Waals surface area contributed by atoms with Crippen molar-refractivity contribution >= 4 is 0 Å². The second-order valence-corrected chi connectivity index (χ2v) is 4.03. The number of benzene rings is 1. The largest absolute Gasteiger partial charge is 0.511 e. The van der Waals surface area contributed by atoms with Crippen LogP contribution in [-0.2, 0) is 6.54 Å². The van der Waals surface area contributed by atoms with E-state index in [2.05, 4.69) is 4.90 Å². The molecule has 0 aliphatic carbocycles. The highest BCUT2D eigenvalue weighted by atomic mass is 16.7. The monoisotopic (exact) mass is 219 g/mol. The second-order valence-electron chi connectivity index (χ2n) is 4.03. The molecular formula is C12H13NO3. The molecule has 2 aliphatic heterocycles. The predicted octanol–water partition coefficient (Wildman–Crippen LogP) is 2.02. The summed E-state index contributed by atoms with van der Waals surface area (Å²) in [6.07, 6.45) is 2.54. The molecule has 4 nitrogen and oxygen atoms in total. The average Bonchev–Trinajstić information content (AvgIpc) is 2.87. The molecule has 1 aromatic carbocycles. The normalized spacial score (nSPS) is 17.8. The lowest BCUT2D eigenvalue weighted by Crippen LogP contribution is -2.13. The van der Waals surface area contributed by atoms with Crippen molar-refractivity contribution in [1.82, 2.24) is 4.90 Å². The van der Waals surface area contributed by atoms with Crippen molar-refractivity contribution in [3.05, 3.63) is 35.7 Å². The van der Waals surface area contributed by atoms with Gasteiger partial charge in [-0.15, -0.1) is 0 Å². The van der Waals surface area contributed by atoms with E-state index in [0.717, 1.165) is 36.6 Å². The van der Waals surface area contributed by atoms with Gasteiger partial charge < -0.3 is 19.5 Å². The predicted molar refractivity (Wildman–Crippen MR) is 58.3 cm³/mol. The van der Waals surface area contributed by atoms with E-state index in [1.54, 1.807) is 6.20 Å². The van der Waals surface area contributed by atoms with E-state index in [4.69, 9.17) is 9.47 Å². The van der Waals surface area contributed by atoms with Crippen molar-refractivity contribution in [3.63, 3.8) is 0 Å². The third-order valence-corrected chi connectivity index (χ3v) is 2.81. The number of hydrogen-bond donors (Lipinski definition) is 1. The smallest absolute Gasteiger partial charge is 0.231 e. The van der Waals surface area contributed by atoms with Gasteiger partial charge in [0.1, 0.15) is 5.76 Å². The Labute approximate surface area is 93.7 Å². The van der Waals surface area contributed by atoms with Gasteiger partial charge in [0.05, 0.1) is 0 Å². The molecule has 0 unspecified atom stereocenters. The van der Waals surface area contributed by atoms with Crippen molar-refractivity contribution in [3.8, 4) is 11.5 Å². The Morgan fingerprint density at radius 2 is 2.12 bits per heavy atom. The van der Waals surface area contributed by atoms with Gasteiger partial charge in [-0.2, -0.15) is 0 Å². The third-order valence-electron chi connectivity index (χ3n) is 2.81. The van der Waals surface area contributed by atoms with Crippen molar-refractivity contribution < 1.29 is 14.6 Å². The number of fused-ring (bicyclic) bond motifs is 1. The van der Waals surface area contributed by atoms with Gasteiger partial charge in [-0.1, -0.05) is 6.07 Å². The van der Waals surface area contributed by atoms with E-state index in [0.29, 0.717) is 12.6 Å². The Kier molecular flexibility index (Phi) is 2.13.